The van der Waals surface area contributed by atoms with Gasteiger partial charge in [-0.3, -0.25) is 4.40 Å². The maximum atomic E-state index is 5.17. The first kappa shape index (κ1) is 12.4. The third kappa shape index (κ3) is 2.41. The van der Waals surface area contributed by atoms with Gasteiger partial charge in [0.1, 0.15) is 0 Å². The quantitative estimate of drug-likeness (QED) is 0.796. The van der Waals surface area contributed by atoms with Crippen LogP contribution in [0.5, 0.6) is 0 Å². The smallest absolute Gasteiger partial charge is 0.194 e. The summed E-state index contributed by atoms with van der Waals surface area (Å²) >= 11 is 1.72. The molecule has 1 N–H and O–H groups in total. The molecule has 0 atom stereocenters. The molecule has 0 aliphatic rings. The molecule has 0 spiro atoms. The zero-order valence-electron chi connectivity index (χ0n) is 11.2. The highest BCUT2D eigenvalue weighted by atomic mass is 32.1. The molecule has 0 saturated heterocycles. The molecule has 0 saturated carbocycles. The van der Waals surface area contributed by atoms with Crippen LogP contribution >= 0.6 is 11.3 Å². The number of aromatic nitrogens is 3. The van der Waals surface area contributed by atoms with Gasteiger partial charge in [-0.1, -0.05) is 5.16 Å². The molecular formula is C13H16N4OS. The van der Waals surface area contributed by atoms with E-state index in [4.69, 9.17) is 4.52 Å². The van der Waals surface area contributed by atoms with Crippen molar-refractivity contribution in [1.29, 1.82) is 0 Å². The average Bonchev–Trinajstić information content (AvgIpc) is 2.97. The molecule has 6 heteroatoms. The van der Waals surface area contributed by atoms with E-state index in [0.717, 1.165) is 28.7 Å². The molecule has 3 aromatic rings. The van der Waals surface area contributed by atoms with Gasteiger partial charge in [0.2, 0.25) is 0 Å². The number of imidazole rings is 1. The molecule has 0 aliphatic carbocycles. The Morgan fingerprint density at radius 3 is 2.89 bits per heavy atom. The van der Waals surface area contributed by atoms with Crippen molar-refractivity contribution in [3.05, 3.63) is 40.0 Å². The normalized spacial score (nSPS) is 11.5. The lowest BCUT2D eigenvalue weighted by Crippen LogP contribution is -2.14. The minimum Gasteiger partial charge on any atom is -0.360 e. The third-order valence-electron chi connectivity index (χ3n) is 3.01. The first-order chi connectivity index (χ1) is 9.13. The van der Waals surface area contributed by atoms with E-state index in [1.165, 1.54) is 10.6 Å². The summed E-state index contributed by atoms with van der Waals surface area (Å²) in [6.07, 6.45) is 2.13. The molecule has 3 heterocycles. The molecule has 0 amide bonds. The van der Waals surface area contributed by atoms with Gasteiger partial charge in [-0.25, -0.2) is 4.98 Å². The van der Waals surface area contributed by atoms with Crippen LogP contribution in [0, 0.1) is 20.8 Å². The standard InChI is InChI=1S/C13H16N4OS/c1-8-4-11(18-16-8)5-14-6-12-10(3)15-13-17(12)7-9(2)19-13/h4,7,14H,5-6H2,1-3H3. The molecule has 0 radical (unpaired) electrons. The summed E-state index contributed by atoms with van der Waals surface area (Å²) in [4.78, 5) is 6.90. The minimum atomic E-state index is 0.677. The first-order valence-electron chi connectivity index (χ1n) is 6.20. The van der Waals surface area contributed by atoms with Crippen molar-refractivity contribution in [2.24, 2.45) is 0 Å². The number of nitrogens with one attached hydrogen (secondary N) is 1. The number of thiazole rings is 1. The lowest BCUT2D eigenvalue weighted by Gasteiger charge is -2.02. The number of aryl methyl sites for hydroxylation is 3. The van der Waals surface area contributed by atoms with Gasteiger partial charge < -0.3 is 9.84 Å². The fourth-order valence-electron chi connectivity index (χ4n) is 2.13. The van der Waals surface area contributed by atoms with Crippen molar-refractivity contribution in [2.45, 2.75) is 33.9 Å². The van der Waals surface area contributed by atoms with Crippen LogP contribution in [-0.2, 0) is 13.1 Å². The highest BCUT2D eigenvalue weighted by Gasteiger charge is 2.10. The highest BCUT2D eigenvalue weighted by molar-refractivity contribution is 7.17. The summed E-state index contributed by atoms with van der Waals surface area (Å²) in [5.74, 6) is 0.859. The molecule has 0 bridgehead atoms. The Morgan fingerprint density at radius 1 is 1.32 bits per heavy atom. The maximum Gasteiger partial charge on any atom is 0.194 e. The van der Waals surface area contributed by atoms with E-state index in [0.29, 0.717) is 6.54 Å². The Balaban J connectivity index is 1.72. The summed E-state index contributed by atoms with van der Waals surface area (Å²) < 4.78 is 7.33. The van der Waals surface area contributed by atoms with Crippen LogP contribution in [0.4, 0.5) is 0 Å². The number of hydrogen-bond acceptors (Lipinski definition) is 5. The van der Waals surface area contributed by atoms with Crippen LogP contribution in [0.15, 0.2) is 16.8 Å². The Labute approximate surface area is 115 Å². The van der Waals surface area contributed by atoms with E-state index < -0.39 is 0 Å². The summed E-state index contributed by atoms with van der Waals surface area (Å²) in [5.41, 5.74) is 3.19. The Morgan fingerprint density at radius 2 is 2.16 bits per heavy atom. The number of nitrogens with zero attached hydrogens (tertiary/aromatic N) is 3. The van der Waals surface area contributed by atoms with Gasteiger partial charge in [0.25, 0.3) is 0 Å². The molecule has 19 heavy (non-hydrogen) atoms. The Kier molecular flexibility index (Phi) is 3.12. The second-order valence-electron chi connectivity index (χ2n) is 4.68. The second-order valence-corrected chi connectivity index (χ2v) is 5.89. The van der Waals surface area contributed by atoms with Crippen LogP contribution in [0.3, 0.4) is 0 Å². The van der Waals surface area contributed by atoms with Gasteiger partial charge in [0.15, 0.2) is 10.7 Å². The molecule has 3 rings (SSSR count). The van der Waals surface area contributed by atoms with Crippen molar-refractivity contribution < 1.29 is 4.52 Å². The zero-order chi connectivity index (χ0) is 13.4. The van der Waals surface area contributed by atoms with Gasteiger partial charge in [-0.15, -0.1) is 11.3 Å². The zero-order valence-corrected chi connectivity index (χ0v) is 12.0. The number of fused-ring (bicyclic) bond motifs is 1. The van der Waals surface area contributed by atoms with Crippen LogP contribution in [0.25, 0.3) is 4.96 Å². The van der Waals surface area contributed by atoms with E-state index in [1.807, 2.05) is 19.9 Å². The fraction of sp³-hybridized carbons (Fsp3) is 0.385. The maximum absolute atomic E-state index is 5.17. The van der Waals surface area contributed by atoms with E-state index in [-0.39, 0.29) is 0 Å². The Hall–Kier alpha value is -1.66. The molecule has 3 aromatic heterocycles. The van der Waals surface area contributed by atoms with Gasteiger partial charge in [0.05, 0.1) is 23.6 Å². The second kappa shape index (κ2) is 4.79. The fourth-order valence-corrected chi connectivity index (χ4v) is 3.02. The van der Waals surface area contributed by atoms with Gasteiger partial charge in [0, 0.05) is 23.7 Å². The van der Waals surface area contributed by atoms with E-state index >= 15 is 0 Å². The topological polar surface area (TPSA) is 55.4 Å². The van der Waals surface area contributed by atoms with Crippen molar-refractivity contribution in [3.8, 4) is 0 Å². The predicted molar refractivity (Wildman–Crippen MR) is 74.3 cm³/mol. The number of rotatable bonds is 4. The van der Waals surface area contributed by atoms with Crippen LogP contribution in [-0.4, -0.2) is 14.5 Å². The molecule has 0 aliphatic heterocycles. The van der Waals surface area contributed by atoms with Gasteiger partial charge in [-0.05, 0) is 20.8 Å². The molecular weight excluding hydrogens is 260 g/mol. The molecule has 100 valence electrons. The molecule has 0 unspecified atom stereocenters. The summed E-state index contributed by atoms with van der Waals surface area (Å²) in [6, 6.07) is 1.95. The highest BCUT2D eigenvalue weighted by Crippen LogP contribution is 2.20. The molecule has 5 nitrogen and oxygen atoms in total. The van der Waals surface area contributed by atoms with Gasteiger partial charge in [-0.2, -0.15) is 0 Å². The van der Waals surface area contributed by atoms with Crippen LogP contribution < -0.4 is 5.32 Å². The summed E-state index contributed by atoms with van der Waals surface area (Å²) in [6.45, 7) is 7.51. The lowest BCUT2D eigenvalue weighted by atomic mass is 10.3. The van der Waals surface area contributed by atoms with Crippen molar-refractivity contribution in [1.82, 2.24) is 19.9 Å². The Bertz CT molecular complexity index is 709. The minimum absolute atomic E-state index is 0.677. The van der Waals surface area contributed by atoms with Crippen molar-refractivity contribution in [3.63, 3.8) is 0 Å². The predicted octanol–water partition coefficient (Wildman–Crippen LogP) is 2.60. The van der Waals surface area contributed by atoms with E-state index in [9.17, 15) is 0 Å². The third-order valence-corrected chi connectivity index (χ3v) is 3.91. The van der Waals surface area contributed by atoms with Crippen molar-refractivity contribution in [2.75, 3.05) is 0 Å². The SMILES string of the molecule is Cc1cc(CNCc2c(C)nc3sc(C)cn23)on1. The van der Waals surface area contributed by atoms with Crippen LogP contribution in [0.1, 0.15) is 27.7 Å². The monoisotopic (exact) mass is 276 g/mol. The molecule has 0 fully saturated rings. The van der Waals surface area contributed by atoms with E-state index in [2.05, 4.69) is 33.0 Å². The first-order valence-corrected chi connectivity index (χ1v) is 7.02. The van der Waals surface area contributed by atoms with Crippen molar-refractivity contribution >= 4 is 16.3 Å². The lowest BCUT2D eigenvalue weighted by molar-refractivity contribution is 0.369. The van der Waals surface area contributed by atoms with Crippen LogP contribution in [0.2, 0.25) is 0 Å². The van der Waals surface area contributed by atoms with Gasteiger partial charge >= 0.3 is 0 Å². The summed E-state index contributed by atoms with van der Waals surface area (Å²) in [7, 11) is 0. The molecule has 0 aromatic carbocycles. The number of hydrogen-bond donors (Lipinski definition) is 1. The largest absolute Gasteiger partial charge is 0.360 e. The van der Waals surface area contributed by atoms with E-state index in [1.54, 1.807) is 11.3 Å². The average molecular weight is 276 g/mol. The summed E-state index contributed by atoms with van der Waals surface area (Å²) in [5, 5.41) is 7.24.